The quantitative estimate of drug-likeness (QED) is 0.680. The van der Waals surface area contributed by atoms with Crippen molar-refractivity contribution in [1.29, 1.82) is 0 Å². The third-order valence-electron chi connectivity index (χ3n) is 5.56. The van der Waals surface area contributed by atoms with Gasteiger partial charge < -0.3 is 14.4 Å². The number of carbonyl (C=O) groups excluding carboxylic acids is 1. The van der Waals surface area contributed by atoms with Gasteiger partial charge in [0.1, 0.15) is 22.9 Å². The number of hydrogen-bond acceptors (Lipinski definition) is 5. The van der Waals surface area contributed by atoms with Crippen molar-refractivity contribution in [3.05, 3.63) is 59.6 Å². The van der Waals surface area contributed by atoms with Gasteiger partial charge in [-0.25, -0.2) is 8.42 Å². The summed E-state index contributed by atoms with van der Waals surface area (Å²) in [6.45, 7) is 1.42. The van der Waals surface area contributed by atoms with E-state index in [4.69, 9.17) is 21.1 Å². The van der Waals surface area contributed by atoms with Crippen LogP contribution in [0, 0.1) is 0 Å². The summed E-state index contributed by atoms with van der Waals surface area (Å²) in [6, 6.07) is 16.0. The molecule has 166 valence electrons. The van der Waals surface area contributed by atoms with Crippen LogP contribution < -0.4 is 4.74 Å². The Balaban J connectivity index is 1.36. The monoisotopic (exact) mass is 464 g/mol. The van der Waals surface area contributed by atoms with E-state index in [2.05, 4.69) is 0 Å². The number of likely N-dealkylation sites (tertiary alicyclic amines) is 1. The zero-order valence-electron chi connectivity index (χ0n) is 17.0. The molecule has 2 saturated heterocycles. The Morgan fingerprint density at radius 3 is 2.39 bits per heavy atom. The molecule has 0 saturated carbocycles. The molecule has 0 aliphatic carbocycles. The zero-order valence-corrected chi connectivity index (χ0v) is 18.6. The fraction of sp³-hybridized carbons (Fsp3) is 0.409. The van der Waals surface area contributed by atoms with Gasteiger partial charge in [0.15, 0.2) is 0 Å². The Labute approximate surface area is 187 Å². The molecule has 2 fully saturated rings. The van der Waals surface area contributed by atoms with Crippen LogP contribution in [-0.2, 0) is 19.6 Å². The lowest BCUT2D eigenvalue weighted by atomic mass is 10.1. The first kappa shape index (κ1) is 22.1. The van der Waals surface area contributed by atoms with Crippen LogP contribution in [0.2, 0.25) is 5.02 Å². The summed E-state index contributed by atoms with van der Waals surface area (Å²) in [6.07, 6.45) is 0.665. The number of sulfonamides is 1. The molecule has 31 heavy (non-hydrogen) atoms. The minimum absolute atomic E-state index is 0.0210. The van der Waals surface area contributed by atoms with Crippen molar-refractivity contribution in [3.8, 4) is 5.75 Å². The van der Waals surface area contributed by atoms with Crippen LogP contribution in [0.5, 0.6) is 5.75 Å². The second-order valence-corrected chi connectivity index (χ2v) is 9.92. The molecule has 1 atom stereocenters. The number of carbonyl (C=O) groups is 1. The lowest BCUT2D eigenvalue weighted by Gasteiger charge is -2.37. The largest absolute Gasteiger partial charge is 0.490 e. The van der Waals surface area contributed by atoms with Crippen LogP contribution in [0.1, 0.15) is 12.8 Å². The number of rotatable bonds is 5. The number of nitrogens with zero attached hydrogens (tertiary/aromatic N) is 2. The predicted octanol–water partition coefficient (Wildman–Crippen LogP) is 2.80. The molecule has 1 amide bonds. The van der Waals surface area contributed by atoms with Gasteiger partial charge in [0.05, 0.1) is 11.6 Å². The maximum absolute atomic E-state index is 13.0. The molecule has 2 aromatic rings. The topological polar surface area (TPSA) is 76.2 Å². The van der Waals surface area contributed by atoms with E-state index >= 15 is 0 Å². The first-order valence-corrected chi connectivity index (χ1v) is 12.1. The fourth-order valence-electron chi connectivity index (χ4n) is 3.88. The van der Waals surface area contributed by atoms with E-state index < -0.39 is 16.1 Å². The van der Waals surface area contributed by atoms with Gasteiger partial charge in [-0.1, -0.05) is 41.9 Å². The lowest BCUT2D eigenvalue weighted by Crippen LogP contribution is -2.54. The molecule has 9 heteroatoms. The average molecular weight is 465 g/mol. The molecule has 2 aromatic carbocycles. The van der Waals surface area contributed by atoms with Gasteiger partial charge in [-0.05, 0) is 24.3 Å². The van der Waals surface area contributed by atoms with Crippen molar-refractivity contribution in [2.24, 2.45) is 0 Å². The van der Waals surface area contributed by atoms with Crippen molar-refractivity contribution < 1.29 is 22.7 Å². The minimum atomic E-state index is -3.80. The number of morpholine rings is 1. The number of halogens is 1. The van der Waals surface area contributed by atoms with Gasteiger partial charge in [0, 0.05) is 39.0 Å². The molecule has 0 bridgehead atoms. The first-order chi connectivity index (χ1) is 14.9. The molecule has 2 aliphatic rings. The Bertz CT molecular complexity index is 1010. The average Bonchev–Trinajstić information content (AvgIpc) is 2.80. The molecule has 0 radical (unpaired) electrons. The number of benzene rings is 2. The van der Waals surface area contributed by atoms with Gasteiger partial charge in [-0.3, -0.25) is 4.79 Å². The summed E-state index contributed by atoms with van der Waals surface area (Å²) in [7, 11) is -3.80. The zero-order chi connectivity index (χ0) is 21.8. The number of amides is 1. The number of ether oxygens (including phenoxy) is 2. The first-order valence-electron chi connectivity index (χ1n) is 10.3. The van der Waals surface area contributed by atoms with Crippen LogP contribution >= 0.6 is 11.6 Å². The van der Waals surface area contributed by atoms with E-state index in [-0.39, 0.29) is 41.6 Å². The summed E-state index contributed by atoms with van der Waals surface area (Å²) in [4.78, 5) is 14.8. The Kier molecular flexibility index (Phi) is 6.81. The van der Waals surface area contributed by atoms with E-state index in [0.29, 0.717) is 13.1 Å². The summed E-state index contributed by atoms with van der Waals surface area (Å²) < 4.78 is 38.9. The molecule has 2 heterocycles. The number of piperidine rings is 1. The van der Waals surface area contributed by atoms with Gasteiger partial charge in [0.2, 0.25) is 10.0 Å². The maximum atomic E-state index is 13.0. The van der Waals surface area contributed by atoms with Gasteiger partial charge >= 0.3 is 0 Å². The molecule has 2 aliphatic heterocycles. The summed E-state index contributed by atoms with van der Waals surface area (Å²) >= 11 is 6.10. The molecule has 4 rings (SSSR count). The van der Waals surface area contributed by atoms with Crippen LogP contribution in [0.15, 0.2) is 59.5 Å². The van der Waals surface area contributed by atoms with E-state index in [1.54, 1.807) is 23.1 Å². The molecule has 0 aromatic heterocycles. The molecule has 0 N–H and O–H groups in total. The van der Waals surface area contributed by atoms with Crippen LogP contribution in [0.4, 0.5) is 0 Å². The molecule has 7 nitrogen and oxygen atoms in total. The van der Waals surface area contributed by atoms with E-state index in [1.165, 1.54) is 10.4 Å². The van der Waals surface area contributed by atoms with Gasteiger partial charge in [-0.15, -0.1) is 0 Å². The highest BCUT2D eigenvalue weighted by atomic mass is 35.5. The Hall–Kier alpha value is -2.13. The summed E-state index contributed by atoms with van der Waals surface area (Å²) in [5, 5.41) is 0.164. The minimum Gasteiger partial charge on any atom is -0.490 e. The molecule has 0 unspecified atom stereocenters. The highest BCUT2D eigenvalue weighted by Crippen LogP contribution is 2.26. The molecule has 0 spiro atoms. The molecular weight excluding hydrogens is 440 g/mol. The van der Waals surface area contributed by atoms with Gasteiger partial charge in [-0.2, -0.15) is 4.31 Å². The van der Waals surface area contributed by atoms with E-state index in [9.17, 15) is 13.2 Å². The van der Waals surface area contributed by atoms with Crippen molar-refractivity contribution >= 4 is 27.5 Å². The van der Waals surface area contributed by atoms with Crippen LogP contribution in [0.3, 0.4) is 0 Å². The standard InChI is InChI=1S/C22H25ClN2O5S/c23-19-8-4-5-9-21(19)31(27,28)25-14-15-29-20(16-25)22(26)24-12-10-18(11-13-24)30-17-6-2-1-3-7-17/h1-9,18,20H,10-16H2/t20-/m0/s1. The van der Waals surface area contributed by atoms with Crippen LogP contribution in [-0.4, -0.2) is 68.5 Å². The van der Waals surface area contributed by atoms with E-state index in [0.717, 1.165) is 18.6 Å². The fourth-order valence-corrected chi connectivity index (χ4v) is 5.79. The maximum Gasteiger partial charge on any atom is 0.253 e. The van der Waals surface area contributed by atoms with Crippen molar-refractivity contribution in [2.75, 3.05) is 32.8 Å². The number of para-hydroxylation sites is 1. The Morgan fingerprint density at radius 1 is 1.00 bits per heavy atom. The van der Waals surface area contributed by atoms with Crippen molar-refractivity contribution in [3.63, 3.8) is 0 Å². The second-order valence-electron chi connectivity index (χ2n) is 7.61. The SMILES string of the molecule is O=C([C@@H]1CN(S(=O)(=O)c2ccccc2Cl)CCO1)N1CCC(Oc2ccccc2)CC1. The highest BCUT2D eigenvalue weighted by Gasteiger charge is 2.37. The highest BCUT2D eigenvalue weighted by molar-refractivity contribution is 7.89. The number of hydrogen-bond donors (Lipinski definition) is 0. The second kappa shape index (κ2) is 9.56. The smallest absolute Gasteiger partial charge is 0.253 e. The normalized spacial score (nSPS) is 21.1. The van der Waals surface area contributed by atoms with Gasteiger partial charge in [0.25, 0.3) is 5.91 Å². The predicted molar refractivity (Wildman–Crippen MR) is 117 cm³/mol. The third kappa shape index (κ3) is 5.03. The summed E-state index contributed by atoms with van der Waals surface area (Å²) in [5.41, 5.74) is 0. The van der Waals surface area contributed by atoms with Crippen LogP contribution in [0.25, 0.3) is 0 Å². The van der Waals surface area contributed by atoms with Crippen molar-refractivity contribution in [2.45, 2.75) is 29.9 Å². The molecular formula is C22H25ClN2O5S. The van der Waals surface area contributed by atoms with Crippen molar-refractivity contribution in [1.82, 2.24) is 9.21 Å². The lowest BCUT2D eigenvalue weighted by molar-refractivity contribution is -0.149. The summed E-state index contributed by atoms with van der Waals surface area (Å²) in [5.74, 6) is 0.639. The van der Waals surface area contributed by atoms with E-state index in [1.807, 2.05) is 30.3 Å². The third-order valence-corrected chi connectivity index (χ3v) is 7.92. The Morgan fingerprint density at radius 2 is 1.68 bits per heavy atom.